The molecule has 9 heteroatoms. The molecule has 3 N–H and O–H groups in total. The van der Waals surface area contributed by atoms with Crippen molar-refractivity contribution in [1.29, 1.82) is 0 Å². The van der Waals surface area contributed by atoms with Crippen molar-refractivity contribution in [3.05, 3.63) is 12.7 Å². The highest BCUT2D eigenvalue weighted by Gasteiger charge is 2.26. The first-order valence-corrected chi connectivity index (χ1v) is 5.01. The molecular weight excluding hydrogens is 244 g/mol. The second kappa shape index (κ2) is 5.75. The maximum Gasteiger partial charge on any atom is 0.326 e. The van der Waals surface area contributed by atoms with Crippen LogP contribution in [0.2, 0.25) is 0 Å². The van der Waals surface area contributed by atoms with E-state index < -0.39 is 36.4 Å². The number of nitrogens with zero attached hydrogens (tertiary/aromatic N) is 3. The molecule has 98 valence electrons. The highest BCUT2D eigenvalue weighted by molar-refractivity contribution is 5.88. The van der Waals surface area contributed by atoms with Crippen molar-refractivity contribution < 1.29 is 24.6 Å². The molecule has 2 unspecified atom stereocenters. The zero-order valence-electron chi connectivity index (χ0n) is 9.48. The smallest absolute Gasteiger partial charge is 0.326 e. The molecular formula is C9H12N4O5. The first-order chi connectivity index (χ1) is 8.41. The van der Waals surface area contributed by atoms with Crippen molar-refractivity contribution in [2.24, 2.45) is 0 Å². The highest BCUT2D eigenvalue weighted by atomic mass is 16.4. The molecule has 1 amide bonds. The Morgan fingerprint density at radius 3 is 2.50 bits per heavy atom. The highest BCUT2D eigenvalue weighted by Crippen LogP contribution is 2.03. The predicted molar refractivity (Wildman–Crippen MR) is 56.6 cm³/mol. The van der Waals surface area contributed by atoms with E-state index in [2.05, 4.69) is 15.4 Å². The maximum absolute atomic E-state index is 11.7. The largest absolute Gasteiger partial charge is 0.481 e. The van der Waals surface area contributed by atoms with Crippen LogP contribution in [0, 0.1) is 0 Å². The lowest BCUT2D eigenvalue weighted by Gasteiger charge is -2.16. The summed E-state index contributed by atoms with van der Waals surface area (Å²) in [6.45, 7) is 1.49. The van der Waals surface area contributed by atoms with E-state index in [4.69, 9.17) is 10.2 Å². The van der Waals surface area contributed by atoms with Crippen LogP contribution >= 0.6 is 0 Å². The lowest BCUT2D eigenvalue weighted by atomic mass is 10.2. The van der Waals surface area contributed by atoms with Gasteiger partial charge in [0.05, 0.1) is 6.42 Å². The van der Waals surface area contributed by atoms with E-state index in [1.54, 1.807) is 0 Å². The van der Waals surface area contributed by atoms with Crippen LogP contribution in [-0.2, 0) is 14.4 Å². The average Bonchev–Trinajstić information content (AvgIpc) is 2.79. The Morgan fingerprint density at radius 2 is 2.06 bits per heavy atom. The van der Waals surface area contributed by atoms with Gasteiger partial charge in [0.15, 0.2) is 0 Å². The van der Waals surface area contributed by atoms with Crippen molar-refractivity contribution in [2.75, 3.05) is 0 Å². The normalized spacial score (nSPS) is 13.6. The summed E-state index contributed by atoms with van der Waals surface area (Å²) in [5.74, 6) is -3.36. The molecule has 0 bridgehead atoms. The van der Waals surface area contributed by atoms with Gasteiger partial charge in [-0.2, -0.15) is 5.10 Å². The van der Waals surface area contributed by atoms with Gasteiger partial charge in [-0.1, -0.05) is 0 Å². The Bertz CT molecular complexity index is 444. The molecule has 0 fully saturated rings. The number of carboxylic acid groups (broad SMARTS) is 2. The monoisotopic (exact) mass is 256 g/mol. The number of hydrogen-bond acceptors (Lipinski definition) is 5. The number of nitrogens with one attached hydrogen (secondary N) is 1. The molecule has 0 aliphatic carbocycles. The zero-order valence-corrected chi connectivity index (χ0v) is 9.48. The van der Waals surface area contributed by atoms with Gasteiger partial charge in [0, 0.05) is 0 Å². The molecule has 2 atom stereocenters. The van der Waals surface area contributed by atoms with E-state index in [0.29, 0.717) is 0 Å². The van der Waals surface area contributed by atoms with Gasteiger partial charge in [0.1, 0.15) is 24.7 Å². The van der Waals surface area contributed by atoms with Crippen LogP contribution < -0.4 is 5.32 Å². The van der Waals surface area contributed by atoms with Crippen LogP contribution in [0.5, 0.6) is 0 Å². The Labute approximate surface area is 101 Å². The van der Waals surface area contributed by atoms with Crippen LogP contribution in [0.3, 0.4) is 0 Å². The van der Waals surface area contributed by atoms with Crippen LogP contribution in [0.15, 0.2) is 12.7 Å². The number of aliphatic carboxylic acids is 2. The topological polar surface area (TPSA) is 134 Å². The van der Waals surface area contributed by atoms with Gasteiger partial charge in [-0.15, -0.1) is 0 Å². The van der Waals surface area contributed by atoms with Crippen LogP contribution in [0.1, 0.15) is 19.4 Å². The number of carbonyl (C=O) groups excluding carboxylic acids is 1. The van der Waals surface area contributed by atoms with Crippen LogP contribution in [0.4, 0.5) is 0 Å². The molecule has 18 heavy (non-hydrogen) atoms. The molecule has 0 spiro atoms. The molecule has 0 aromatic carbocycles. The Morgan fingerprint density at radius 1 is 1.39 bits per heavy atom. The quantitative estimate of drug-likeness (QED) is 0.586. The fourth-order valence-electron chi connectivity index (χ4n) is 1.20. The summed E-state index contributed by atoms with van der Waals surface area (Å²) in [7, 11) is 0. The molecule has 0 aliphatic heterocycles. The lowest BCUT2D eigenvalue weighted by molar-refractivity contribution is -0.147. The van der Waals surface area contributed by atoms with E-state index in [0.717, 1.165) is 0 Å². The summed E-state index contributed by atoms with van der Waals surface area (Å²) in [5, 5.41) is 23.2. The van der Waals surface area contributed by atoms with E-state index in [1.807, 2.05) is 0 Å². The number of carboxylic acids is 2. The van der Waals surface area contributed by atoms with Crippen molar-refractivity contribution >= 4 is 17.8 Å². The summed E-state index contributed by atoms with van der Waals surface area (Å²) in [4.78, 5) is 36.6. The zero-order chi connectivity index (χ0) is 13.7. The third kappa shape index (κ3) is 3.54. The number of amides is 1. The standard InChI is InChI=1S/C9H12N4O5/c1-5(13-4-10-3-11-13)8(16)12-6(9(17)18)2-7(14)15/h3-6H,2H2,1H3,(H,12,16)(H,14,15)(H,17,18). The summed E-state index contributed by atoms with van der Waals surface area (Å²) < 4.78 is 1.23. The predicted octanol–water partition coefficient (Wildman–Crippen LogP) is -1.12. The number of rotatable bonds is 6. The average molecular weight is 256 g/mol. The summed E-state index contributed by atoms with van der Waals surface area (Å²) >= 11 is 0. The van der Waals surface area contributed by atoms with Gasteiger partial charge < -0.3 is 15.5 Å². The van der Waals surface area contributed by atoms with Gasteiger partial charge >= 0.3 is 11.9 Å². The van der Waals surface area contributed by atoms with E-state index in [9.17, 15) is 14.4 Å². The summed E-state index contributed by atoms with van der Waals surface area (Å²) in [6.07, 6.45) is 1.85. The minimum atomic E-state index is -1.47. The number of carbonyl (C=O) groups is 3. The third-order valence-corrected chi connectivity index (χ3v) is 2.21. The molecule has 1 aromatic rings. The second-order valence-electron chi connectivity index (χ2n) is 3.55. The molecule has 1 aromatic heterocycles. The summed E-state index contributed by atoms with van der Waals surface area (Å²) in [6, 6.07) is -2.25. The minimum Gasteiger partial charge on any atom is -0.481 e. The second-order valence-corrected chi connectivity index (χ2v) is 3.55. The Hall–Kier alpha value is -2.45. The van der Waals surface area contributed by atoms with Crippen LogP contribution in [-0.4, -0.2) is 48.9 Å². The molecule has 1 rings (SSSR count). The molecule has 1 heterocycles. The fourth-order valence-corrected chi connectivity index (χ4v) is 1.20. The van der Waals surface area contributed by atoms with E-state index in [1.165, 1.54) is 24.3 Å². The van der Waals surface area contributed by atoms with E-state index >= 15 is 0 Å². The number of aromatic nitrogens is 3. The van der Waals surface area contributed by atoms with Crippen molar-refractivity contribution in [3.8, 4) is 0 Å². The Kier molecular flexibility index (Phi) is 4.35. The van der Waals surface area contributed by atoms with Gasteiger partial charge in [-0.25, -0.2) is 14.5 Å². The SMILES string of the molecule is CC(C(=O)NC(CC(=O)O)C(=O)O)n1cncn1. The van der Waals surface area contributed by atoms with Gasteiger partial charge in [-0.3, -0.25) is 9.59 Å². The lowest BCUT2D eigenvalue weighted by Crippen LogP contribution is -2.44. The maximum atomic E-state index is 11.7. The Balaban J connectivity index is 2.66. The first-order valence-electron chi connectivity index (χ1n) is 5.01. The molecule has 0 aliphatic rings. The van der Waals surface area contributed by atoms with Gasteiger partial charge in [-0.05, 0) is 6.92 Å². The fraction of sp³-hybridized carbons (Fsp3) is 0.444. The molecule has 0 saturated carbocycles. The van der Waals surface area contributed by atoms with Crippen molar-refractivity contribution in [1.82, 2.24) is 20.1 Å². The minimum absolute atomic E-state index is 0.644. The molecule has 0 radical (unpaired) electrons. The van der Waals surface area contributed by atoms with Gasteiger partial charge in [0.2, 0.25) is 5.91 Å². The van der Waals surface area contributed by atoms with Gasteiger partial charge in [0.25, 0.3) is 0 Å². The van der Waals surface area contributed by atoms with Crippen LogP contribution in [0.25, 0.3) is 0 Å². The van der Waals surface area contributed by atoms with Crippen molar-refractivity contribution in [3.63, 3.8) is 0 Å². The first kappa shape index (κ1) is 13.6. The van der Waals surface area contributed by atoms with Crippen molar-refractivity contribution in [2.45, 2.75) is 25.4 Å². The molecule has 0 saturated heterocycles. The molecule has 9 nitrogen and oxygen atoms in total. The van der Waals surface area contributed by atoms with E-state index in [-0.39, 0.29) is 0 Å². The summed E-state index contributed by atoms with van der Waals surface area (Å²) in [5.41, 5.74) is 0. The third-order valence-electron chi connectivity index (χ3n) is 2.21. The number of hydrogen-bond donors (Lipinski definition) is 3.